The molecule has 1 atom stereocenters. The average Bonchev–Trinajstić information content (AvgIpc) is 2.55. The minimum absolute atomic E-state index is 0.266. The van der Waals surface area contributed by atoms with Gasteiger partial charge in [0, 0.05) is 44.7 Å². The van der Waals surface area contributed by atoms with Gasteiger partial charge in [-0.1, -0.05) is 54.6 Å². The van der Waals surface area contributed by atoms with E-state index < -0.39 is 0 Å². The lowest BCUT2D eigenvalue weighted by Crippen LogP contribution is -2.16. The highest BCUT2D eigenvalue weighted by Crippen LogP contribution is 2.23. The van der Waals surface area contributed by atoms with E-state index in [1.807, 2.05) is 18.2 Å². The molecule has 1 N–H and O–H groups in total. The van der Waals surface area contributed by atoms with Gasteiger partial charge in [-0.2, -0.15) is 0 Å². The first kappa shape index (κ1) is 14.8. The Morgan fingerprint density at radius 2 is 1.71 bits per heavy atom. The van der Waals surface area contributed by atoms with Crippen LogP contribution in [0, 0.1) is 0 Å². The largest absolute Gasteiger partial charge is 0.253 e. The van der Waals surface area contributed by atoms with Crippen molar-refractivity contribution < 1.29 is 0 Å². The number of aromatic nitrogens is 1. The van der Waals surface area contributed by atoms with Crippen LogP contribution < -0.4 is 4.72 Å². The first-order valence-corrected chi connectivity index (χ1v) is 10.2. The Kier molecular flexibility index (Phi) is 5.11. The minimum atomic E-state index is 0.266. The van der Waals surface area contributed by atoms with Crippen molar-refractivity contribution >= 4 is 41.2 Å². The van der Waals surface area contributed by atoms with Gasteiger partial charge in [0.2, 0.25) is 0 Å². The molecule has 2 aromatic carbocycles. The third-order valence-electron chi connectivity index (χ3n) is 3.46. The zero-order chi connectivity index (χ0) is 14.5. The van der Waals surface area contributed by atoms with E-state index in [-0.39, 0.29) is 6.04 Å². The van der Waals surface area contributed by atoms with Crippen molar-refractivity contribution in [3.8, 4) is 0 Å². The summed E-state index contributed by atoms with van der Waals surface area (Å²) in [6.07, 6.45) is 0.880. The second kappa shape index (κ2) is 7.24. The number of fused-ring (bicyclic) bond motifs is 1. The normalized spacial score (nSPS) is 12.4. The lowest BCUT2D eigenvalue weighted by atomic mass is 10.0. The zero-order valence-electron chi connectivity index (χ0n) is 11.4. The predicted octanol–water partition coefficient (Wildman–Crippen LogP) is 5.11. The second-order valence-corrected chi connectivity index (χ2v) is 6.57. The predicted molar refractivity (Wildman–Crippen MR) is 99.4 cm³/mol. The topological polar surface area (TPSA) is 24.9 Å². The zero-order valence-corrected chi connectivity index (χ0v) is 14.3. The summed E-state index contributed by atoms with van der Waals surface area (Å²) in [5.74, 6) is 0. The van der Waals surface area contributed by atoms with Crippen LogP contribution in [-0.2, 0) is 6.42 Å². The molecule has 0 aliphatic rings. The number of para-hydroxylation sites is 1. The molecule has 4 heteroatoms. The lowest BCUT2D eigenvalue weighted by Gasteiger charge is -2.17. The van der Waals surface area contributed by atoms with E-state index in [0.29, 0.717) is 0 Å². The van der Waals surface area contributed by atoms with E-state index in [1.54, 1.807) is 9.12 Å². The van der Waals surface area contributed by atoms with Crippen LogP contribution in [0.25, 0.3) is 10.9 Å². The molecule has 1 heterocycles. The molecule has 21 heavy (non-hydrogen) atoms. The molecule has 0 unspecified atom stereocenters. The van der Waals surface area contributed by atoms with Gasteiger partial charge in [0.15, 0.2) is 0 Å². The number of hydrogen-bond donors (Lipinski definition) is 1. The molecule has 2 nitrogen and oxygen atoms in total. The van der Waals surface area contributed by atoms with Gasteiger partial charge in [-0.3, -0.25) is 4.98 Å². The molecule has 0 fully saturated rings. The average molecular weight is 406 g/mol. The molecular weight excluding hydrogens is 391 g/mol. The fraction of sp³-hybridized carbons (Fsp3) is 0.118. The van der Waals surface area contributed by atoms with Gasteiger partial charge < -0.3 is 0 Å². The van der Waals surface area contributed by atoms with Gasteiger partial charge in [0.05, 0.1) is 5.52 Å². The number of nitrogens with zero attached hydrogens (tertiary/aromatic N) is 1. The minimum Gasteiger partial charge on any atom is -0.253 e. The van der Waals surface area contributed by atoms with Crippen molar-refractivity contribution in [2.45, 2.75) is 12.5 Å². The quantitative estimate of drug-likeness (QED) is 0.471. The van der Waals surface area contributed by atoms with Crippen molar-refractivity contribution in [2.75, 3.05) is 0 Å². The SMILES string of the molecule is ISN[C@H](Cc1ccc2ccccc2n1)c1ccccc1. The Hall–Kier alpha value is -1.11. The number of nitrogens with one attached hydrogen (secondary N) is 1. The molecule has 1 aromatic heterocycles. The number of halogens is 1. The van der Waals surface area contributed by atoms with Crippen molar-refractivity contribution in [3.63, 3.8) is 0 Å². The Morgan fingerprint density at radius 1 is 0.952 bits per heavy atom. The van der Waals surface area contributed by atoms with Gasteiger partial charge in [-0.05, 0) is 26.8 Å². The summed E-state index contributed by atoms with van der Waals surface area (Å²) >= 11 is 2.27. The second-order valence-electron chi connectivity index (χ2n) is 4.86. The van der Waals surface area contributed by atoms with Crippen molar-refractivity contribution in [1.29, 1.82) is 0 Å². The Labute approximate surface area is 141 Å². The van der Waals surface area contributed by atoms with Crippen LogP contribution in [0.3, 0.4) is 0 Å². The Balaban J connectivity index is 1.87. The van der Waals surface area contributed by atoms with Crippen molar-refractivity contribution in [2.24, 2.45) is 0 Å². The van der Waals surface area contributed by atoms with Crippen LogP contribution in [0.4, 0.5) is 0 Å². The van der Waals surface area contributed by atoms with E-state index in [1.165, 1.54) is 10.9 Å². The first-order chi connectivity index (χ1) is 10.4. The molecule has 0 saturated carbocycles. The molecule has 0 saturated heterocycles. The summed E-state index contributed by atoms with van der Waals surface area (Å²) in [5.41, 5.74) is 3.46. The maximum Gasteiger partial charge on any atom is 0.0705 e. The van der Waals surface area contributed by atoms with Gasteiger partial charge >= 0.3 is 0 Å². The van der Waals surface area contributed by atoms with E-state index in [9.17, 15) is 0 Å². The maximum atomic E-state index is 4.77. The number of benzene rings is 2. The van der Waals surface area contributed by atoms with E-state index in [4.69, 9.17) is 4.98 Å². The van der Waals surface area contributed by atoms with E-state index in [2.05, 4.69) is 74.5 Å². The molecule has 0 aliphatic heterocycles. The summed E-state index contributed by atoms with van der Waals surface area (Å²) in [6, 6.07) is 23.3. The summed E-state index contributed by atoms with van der Waals surface area (Å²) in [7, 11) is 1.62. The van der Waals surface area contributed by atoms with Gasteiger partial charge in [-0.25, -0.2) is 4.72 Å². The first-order valence-electron chi connectivity index (χ1n) is 6.79. The monoisotopic (exact) mass is 406 g/mol. The van der Waals surface area contributed by atoms with Crippen LogP contribution in [-0.4, -0.2) is 4.98 Å². The smallest absolute Gasteiger partial charge is 0.0705 e. The van der Waals surface area contributed by atoms with E-state index >= 15 is 0 Å². The van der Waals surface area contributed by atoms with Crippen molar-refractivity contribution in [1.82, 2.24) is 9.71 Å². The standard InChI is InChI=1S/C17H15IN2S/c18-21-20-17(13-6-2-1-3-7-13)12-15-11-10-14-8-4-5-9-16(14)19-15/h1-11,17,20H,12H2/t17-/m1/s1. The molecule has 3 aromatic rings. The summed E-state index contributed by atoms with van der Waals surface area (Å²) in [4.78, 5) is 4.77. The summed E-state index contributed by atoms with van der Waals surface area (Å²) in [6.45, 7) is 0. The number of pyridine rings is 1. The maximum absolute atomic E-state index is 4.77. The van der Waals surface area contributed by atoms with Gasteiger partial charge in [0.25, 0.3) is 0 Å². The van der Waals surface area contributed by atoms with Gasteiger partial charge in [-0.15, -0.1) is 0 Å². The van der Waals surface area contributed by atoms with Crippen LogP contribution in [0.2, 0.25) is 0 Å². The van der Waals surface area contributed by atoms with Crippen LogP contribution >= 0.6 is 30.3 Å². The third-order valence-corrected chi connectivity index (χ3v) is 4.59. The Bertz CT molecular complexity index is 718. The third kappa shape index (κ3) is 3.75. The van der Waals surface area contributed by atoms with Crippen molar-refractivity contribution in [3.05, 3.63) is 78.0 Å². The summed E-state index contributed by atoms with van der Waals surface area (Å²) < 4.78 is 3.46. The molecule has 106 valence electrons. The molecule has 0 aliphatic carbocycles. The van der Waals surface area contributed by atoms with Crippen LogP contribution in [0.15, 0.2) is 66.7 Å². The fourth-order valence-electron chi connectivity index (χ4n) is 2.40. The fourth-order valence-corrected chi connectivity index (χ4v) is 3.65. The van der Waals surface area contributed by atoms with E-state index in [0.717, 1.165) is 17.6 Å². The van der Waals surface area contributed by atoms with Crippen LogP contribution in [0.5, 0.6) is 0 Å². The molecule has 0 bridgehead atoms. The highest BCUT2D eigenvalue weighted by molar-refractivity contribution is 14.2. The molecule has 0 spiro atoms. The number of hydrogen-bond acceptors (Lipinski definition) is 3. The van der Waals surface area contributed by atoms with Crippen LogP contribution in [0.1, 0.15) is 17.3 Å². The Morgan fingerprint density at radius 3 is 2.52 bits per heavy atom. The molecule has 0 amide bonds. The lowest BCUT2D eigenvalue weighted by molar-refractivity contribution is 0.665. The highest BCUT2D eigenvalue weighted by atomic mass is 127. The molecular formula is C17H15IN2S. The highest BCUT2D eigenvalue weighted by Gasteiger charge is 2.12. The molecule has 3 rings (SSSR count). The summed E-state index contributed by atoms with van der Waals surface area (Å²) in [5, 5.41) is 1.19. The number of rotatable bonds is 5. The van der Waals surface area contributed by atoms with Gasteiger partial charge in [0.1, 0.15) is 0 Å². The molecule has 0 radical (unpaired) electrons.